The van der Waals surface area contributed by atoms with Crippen LogP contribution in [-0.4, -0.2) is 47.1 Å². The molecule has 2 N–H and O–H groups in total. The minimum atomic E-state index is -0.678. The molecule has 0 radical (unpaired) electrons. The van der Waals surface area contributed by atoms with Gasteiger partial charge < -0.3 is 19.7 Å². The Hall–Kier alpha value is -1.14. The number of rotatable bonds is 13. The molecule has 0 rings (SSSR count). The molecule has 0 spiro atoms. The van der Waals surface area contributed by atoms with E-state index >= 15 is 0 Å². The number of aliphatic hydroxyl groups is 2. The lowest BCUT2D eigenvalue weighted by Gasteiger charge is -2.15. The van der Waals surface area contributed by atoms with Crippen LogP contribution in [-0.2, 0) is 19.1 Å². The summed E-state index contributed by atoms with van der Waals surface area (Å²) in [7, 11) is 0. The summed E-state index contributed by atoms with van der Waals surface area (Å²) in [6.07, 6.45) is 4.43. The number of carbonyl (C=O) groups is 2. The van der Waals surface area contributed by atoms with E-state index in [2.05, 4.69) is 0 Å². The Kier molecular flexibility index (Phi) is 12.7. The first kappa shape index (κ1) is 21.9. The largest absolute Gasteiger partial charge is 0.462 e. The second-order valence-electron chi connectivity index (χ2n) is 5.94. The fourth-order valence-electron chi connectivity index (χ4n) is 2.08. The molecule has 0 amide bonds. The van der Waals surface area contributed by atoms with Gasteiger partial charge in [-0.05, 0) is 26.2 Å². The predicted octanol–water partition coefficient (Wildman–Crippen LogP) is 2.34. The predicted molar refractivity (Wildman–Crippen MR) is 86.8 cm³/mol. The van der Waals surface area contributed by atoms with E-state index in [1.54, 1.807) is 6.92 Å². The van der Waals surface area contributed by atoms with Crippen molar-refractivity contribution < 1.29 is 29.3 Å². The van der Waals surface area contributed by atoms with Crippen molar-refractivity contribution in [3.63, 3.8) is 0 Å². The molecule has 23 heavy (non-hydrogen) atoms. The third-order valence-electron chi connectivity index (χ3n) is 3.66. The molecule has 0 aromatic carbocycles. The average molecular weight is 332 g/mol. The first-order valence-electron chi connectivity index (χ1n) is 8.55. The third kappa shape index (κ3) is 13.0. The van der Waals surface area contributed by atoms with Gasteiger partial charge in [-0.15, -0.1) is 0 Å². The minimum Gasteiger partial charge on any atom is -0.462 e. The van der Waals surface area contributed by atoms with Crippen LogP contribution in [0.5, 0.6) is 0 Å². The van der Waals surface area contributed by atoms with Gasteiger partial charge in [-0.25, -0.2) is 0 Å². The number of esters is 2. The first-order valence-corrected chi connectivity index (χ1v) is 8.55. The van der Waals surface area contributed by atoms with Gasteiger partial charge in [-0.1, -0.05) is 32.6 Å². The highest BCUT2D eigenvalue weighted by molar-refractivity contribution is 5.69. The van der Waals surface area contributed by atoms with Crippen molar-refractivity contribution in [1.29, 1.82) is 0 Å². The van der Waals surface area contributed by atoms with Crippen molar-refractivity contribution in [2.75, 3.05) is 6.61 Å². The normalized spacial score (nSPS) is 14.8. The Morgan fingerprint density at radius 1 is 1.04 bits per heavy atom. The fraction of sp³-hybridized carbons (Fsp3) is 0.882. The maximum Gasteiger partial charge on any atom is 0.306 e. The standard InChI is InChI=1S/C17H32O6/c1-4-15(12-22-14(3)19)23-17(21)11-9-7-5-6-8-10-16(20)13(2)18/h13,15-16,18,20H,4-12H2,1-3H3. The number of carbonyl (C=O) groups excluding carboxylic acids is 2. The average Bonchev–Trinajstić information content (AvgIpc) is 2.49. The fourth-order valence-corrected chi connectivity index (χ4v) is 2.08. The zero-order valence-electron chi connectivity index (χ0n) is 14.6. The van der Waals surface area contributed by atoms with Gasteiger partial charge in [-0.2, -0.15) is 0 Å². The highest BCUT2D eigenvalue weighted by Gasteiger charge is 2.14. The SMILES string of the molecule is CCC(COC(C)=O)OC(=O)CCCCCCCC(O)C(C)O. The number of hydrogen-bond acceptors (Lipinski definition) is 6. The molecule has 0 heterocycles. The van der Waals surface area contributed by atoms with Crippen LogP contribution < -0.4 is 0 Å². The smallest absolute Gasteiger partial charge is 0.306 e. The molecule has 0 aliphatic rings. The molecule has 136 valence electrons. The van der Waals surface area contributed by atoms with Gasteiger partial charge in [0.25, 0.3) is 0 Å². The maximum atomic E-state index is 11.7. The summed E-state index contributed by atoms with van der Waals surface area (Å²) in [5.41, 5.74) is 0. The second kappa shape index (κ2) is 13.3. The van der Waals surface area contributed by atoms with Crippen LogP contribution in [0.4, 0.5) is 0 Å². The van der Waals surface area contributed by atoms with Crippen molar-refractivity contribution >= 4 is 11.9 Å². The third-order valence-corrected chi connectivity index (χ3v) is 3.66. The van der Waals surface area contributed by atoms with E-state index in [9.17, 15) is 14.7 Å². The molecule has 0 saturated carbocycles. The number of ether oxygens (including phenoxy) is 2. The molecular weight excluding hydrogens is 300 g/mol. The molecule has 0 bridgehead atoms. The molecule has 6 heteroatoms. The van der Waals surface area contributed by atoms with E-state index in [4.69, 9.17) is 14.6 Å². The van der Waals surface area contributed by atoms with Crippen LogP contribution in [0, 0.1) is 0 Å². The highest BCUT2D eigenvalue weighted by atomic mass is 16.6. The highest BCUT2D eigenvalue weighted by Crippen LogP contribution is 2.11. The Morgan fingerprint density at radius 2 is 1.65 bits per heavy atom. The number of aliphatic hydroxyl groups excluding tert-OH is 2. The lowest BCUT2D eigenvalue weighted by atomic mass is 10.0. The van der Waals surface area contributed by atoms with Gasteiger partial charge >= 0.3 is 11.9 Å². The summed E-state index contributed by atoms with van der Waals surface area (Å²) < 4.78 is 10.1. The van der Waals surface area contributed by atoms with Gasteiger partial charge in [0.2, 0.25) is 0 Å². The van der Waals surface area contributed by atoms with Crippen LogP contribution in [0.1, 0.15) is 72.1 Å². The van der Waals surface area contributed by atoms with Gasteiger partial charge in [-0.3, -0.25) is 9.59 Å². The molecule has 0 fully saturated rings. The van der Waals surface area contributed by atoms with Crippen molar-refractivity contribution in [2.24, 2.45) is 0 Å². The summed E-state index contributed by atoms with van der Waals surface area (Å²) in [4.78, 5) is 22.4. The quantitative estimate of drug-likeness (QED) is 0.397. The van der Waals surface area contributed by atoms with E-state index in [0.29, 0.717) is 19.3 Å². The van der Waals surface area contributed by atoms with Crippen LogP contribution in [0.2, 0.25) is 0 Å². The van der Waals surface area contributed by atoms with E-state index in [1.807, 2.05) is 6.92 Å². The molecule has 0 aromatic rings. The number of hydrogen-bond donors (Lipinski definition) is 2. The van der Waals surface area contributed by atoms with Gasteiger partial charge in [0.05, 0.1) is 12.2 Å². The van der Waals surface area contributed by atoms with E-state index in [1.165, 1.54) is 6.92 Å². The summed E-state index contributed by atoms with van der Waals surface area (Å²) in [5.74, 6) is -0.631. The summed E-state index contributed by atoms with van der Waals surface area (Å²) >= 11 is 0. The molecular formula is C17H32O6. The van der Waals surface area contributed by atoms with Crippen molar-refractivity contribution in [3.8, 4) is 0 Å². The monoisotopic (exact) mass is 332 g/mol. The molecule has 0 aliphatic carbocycles. The Bertz CT molecular complexity index is 329. The van der Waals surface area contributed by atoms with Crippen LogP contribution in [0.25, 0.3) is 0 Å². The van der Waals surface area contributed by atoms with E-state index < -0.39 is 12.2 Å². The maximum absolute atomic E-state index is 11.7. The lowest BCUT2D eigenvalue weighted by molar-refractivity contribution is -0.158. The zero-order valence-corrected chi connectivity index (χ0v) is 14.6. The number of unbranched alkanes of at least 4 members (excludes halogenated alkanes) is 4. The molecule has 3 atom stereocenters. The van der Waals surface area contributed by atoms with E-state index in [0.717, 1.165) is 32.1 Å². The second-order valence-corrected chi connectivity index (χ2v) is 5.94. The van der Waals surface area contributed by atoms with E-state index in [-0.39, 0.29) is 24.6 Å². The molecule has 0 aromatic heterocycles. The lowest BCUT2D eigenvalue weighted by Crippen LogP contribution is -2.23. The zero-order chi connectivity index (χ0) is 17.7. The summed E-state index contributed by atoms with van der Waals surface area (Å²) in [5, 5.41) is 18.6. The van der Waals surface area contributed by atoms with Crippen LogP contribution in [0.3, 0.4) is 0 Å². The summed E-state index contributed by atoms with van der Waals surface area (Å²) in [6, 6.07) is 0. The van der Waals surface area contributed by atoms with Gasteiger partial charge in [0.1, 0.15) is 12.7 Å². The van der Waals surface area contributed by atoms with Crippen molar-refractivity contribution in [1.82, 2.24) is 0 Å². The van der Waals surface area contributed by atoms with Crippen molar-refractivity contribution in [3.05, 3.63) is 0 Å². The Morgan fingerprint density at radius 3 is 2.22 bits per heavy atom. The van der Waals surface area contributed by atoms with Gasteiger partial charge in [0, 0.05) is 13.3 Å². The summed E-state index contributed by atoms with van der Waals surface area (Å²) in [6.45, 7) is 4.91. The first-order chi connectivity index (χ1) is 10.9. The van der Waals surface area contributed by atoms with Crippen LogP contribution in [0.15, 0.2) is 0 Å². The molecule has 0 saturated heterocycles. The Balaban J connectivity index is 3.60. The minimum absolute atomic E-state index is 0.114. The molecule has 6 nitrogen and oxygen atoms in total. The Labute approximate surface area is 139 Å². The molecule has 3 unspecified atom stereocenters. The van der Waals surface area contributed by atoms with Crippen LogP contribution >= 0.6 is 0 Å². The topological polar surface area (TPSA) is 93.1 Å². The van der Waals surface area contributed by atoms with Gasteiger partial charge in [0.15, 0.2) is 0 Å². The van der Waals surface area contributed by atoms with Crippen molar-refractivity contribution in [2.45, 2.75) is 90.4 Å². The molecule has 0 aliphatic heterocycles.